The molecule has 0 amide bonds. The smallest absolute Gasteiger partial charge is 0.427 e. The fraction of sp³-hybridized carbons (Fsp3) is 0.333. The van der Waals surface area contributed by atoms with Gasteiger partial charge in [-0.15, -0.1) is 5.10 Å². The van der Waals surface area contributed by atoms with Gasteiger partial charge in [0.1, 0.15) is 18.2 Å². The van der Waals surface area contributed by atoms with Crippen molar-refractivity contribution in [3.8, 4) is 11.4 Å². The molecule has 0 aliphatic heterocycles. The maximum absolute atomic E-state index is 14.5. The highest BCUT2D eigenvalue weighted by Crippen LogP contribution is 2.39. The van der Waals surface area contributed by atoms with E-state index < -0.39 is 29.9 Å². The van der Waals surface area contributed by atoms with Crippen LogP contribution in [0.3, 0.4) is 0 Å². The summed E-state index contributed by atoms with van der Waals surface area (Å²) in [5.41, 5.74) is -2.61. The van der Waals surface area contributed by atoms with Crippen LogP contribution in [0.25, 0.3) is 16.6 Å². The Morgan fingerprint density at radius 1 is 1.17 bits per heavy atom. The molecule has 0 saturated carbocycles. The molecule has 0 aliphatic rings. The van der Waals surface area contributed by atoms with Crippen LogP contribution in [0.1, 0.15) is 32.2 Å². The van der Waals surface area contributed by atoms with Gasteiger partial charge in [0, 0.05) is 34.8 Å². The lowest BCUT2D eigenvalue weighted by Crippen LogP contribution is -2.44. The SMILES string of the molecule is CCn1c(CO)nn(-c2cc(OC(C)(C)C(F)(F)F)c3c(ccn3Cc3c(F)cccc3Cl)c2)c1=O. The zero-order valence-electron chi connectivity index (χ0n) is 19.6. The van der Waals surface area contributed by atoms with Gasteiger partial charge in [0.05, 0.1) is 17.7 Å². The number of aromatic nitrogens is 4. The highest BCUT2D eigenvalue weighted by Gasteiger charge is 2.50. The van der Waals surface area contributed by atoms with Crippen molar-refractivity contribution >= 4 is 22.5 Å². The predicted octanol–water partition coefficient (Wildman–Crippen LogP) is 5.06. The summed E-state index contributed by atoms with van der Waals surface area (Å²) in [6.45, 7) is 3.13. The second kappa shape index (κ2) is 9.29. The maximum Gasteiger partial charge on any atom is 0.427 e. The Morgan fingerprint density at radius 3 is 2.47 bits per heavy atom. The van der Waals surface area contributed by atoms with Crippen molar-refractivity contribution in [1.29, 1.82) is 0 Å². The van der Waals surface area contributed by atoms with E-state index in [2.05, 4.69) is 5.10 Å². The molecule has 0 spiro atoms. The molecule has 0 saturated heterocycles. The topological polar surface area (TPSA) is 74.2 Å². The van der Waals surface area contributed by atoms with Crippen LogP contribution < -0.4 is 10.4 Å². The van der Waals surface area contributed by atoms with E-state index in [1.54, 1.807) is 25.3 Å². The van der Waals surface area contributed by atoms with Crippen LogP contribution in [-0.2, 0) is 19.7 Å². The second-order valence-corrected chi connectivity index (χ2v) is 9.06. The van der Waals surface area contributed by atoms with Crippen molar-refractivity contribution in [1.82, 2.24) is 18.9 Å². The zero-order chi connectivity index (χ0) is 26.4. The van der Waals surface area contributed by atoms with Gasteiger partial charge < -0.3 is 14.4 Å². The van der Waals surface area contributed by atoms with Crippen molar-refractivity contribution in [2.45, 2.75) is 52.2 Å². The largest absolute Gasteiger partial charge is 0.476 e. The van der Waals surface area contributed by atoms with Crippen LogP contribution in [0.2, 0.25) is 5.02 Å². The average Bonchev–Trinajstić information content (AvgIpc) is 3.35. The summed E-state index contributed by atoms with van der Waals surface area (Å²) in [6, 6.07) is 8.64. The average molecular weight is 527 g/mol. The molecule has 2 heterocycles. The number of rotatable bonds is 7. The lowest BCUT2D eigenvalue weighted by atomic mass is 10.1. The molecular formula is C24H23ClF4N4O3. The fourth-order valence-electron chi connectivity index (χ4n) is 3.85. The molecule has 0 atom stereocenters. The van der Waals surface area contributed by atoms with Crippen LogP contribution in [0.4, 0.5) is 17.6 Å². The predicted molar refractivity (Wildman–Crippen MR) is 126 cm³/mol. The first-order valence-corrected chi connectivity index (χ1v) is 11.4. The van der Waals surface area contributed by atoms with E-state index in [-0.39, 0.29) is 46.5 Å². The molecule has 4 rings (SSSR count). The Hall–Kier alpha value is -3.31. The van der Waals surface area contributed by atoms with Gasteiger partial charge in [-0.3, -0.25) is 4.57 Å². The number of nitrogens with zero attached hydrogens (tertiary/aromatic N) is 4. The van der Waals surface area contributed by atoms with Crippen LogP contribution in [0, 0.1) is 5.82 Å². The summed E-state index contributed by atoms with van der Waals surface area (Å²) >= 11 is 6.17. The first-order chi connectivity index (χ1) is 16.9. The minimum absolute atomic E-state index is 0.0732. The molecule has 7 nitrogen and oxygen atoms in total. The Bertz CT molecular complexity index is 1470. The van der Waals surface area contributed by atoms with E-state index in [4.69, 9.17) is 16.3 Å². The summed E-state index contributed by atoms with van der Waals surface area (Å²) in [6.07, 6.45) is -3.15. The van der Waals surface area contributed by atoms with Crippen LogP contribution in [0.15, 0.2) is 47.4 Å². The number of aliphatic hydroxyl groups excluding tert-OH is 1. The summed E-state index contributed by atoms with van der Waals surface area (Å²) in [5.74, 6) is -0.648. The van der Waals surface area contributed by atoms with Gasteiger partial charge in [-0.25, -0.2) is 9.18 Å². The van der Waals surface area contributed by atoms with Crippen molar-refractivity contribution in [3.05, 3.63) is 75.3 Å². The molecule has 0 unspecified atom stereocenters. The number of hydrogen-bond acceptors (Lipinski definition) is 4. The van der Waals surface area contributed by atoms with E-state index in [0.29, 0.717) is 5.39 Å². The third-order valence-corrected chi connectivity index (χ3v) is 6.24. The molecule has 1 N–H and O–H groups in total. The van der Waals surface area contributed by atoms with Gasteiger partial charge in [0.2, 0.25) is 0 Å². The minimum Gasteiger partial charge on any atom is -0.476 e. The second-order valence-electron chi connectivity index (χ2n) is 8.65. The van der Waals surface area contributed by atoms with Crippen molar-refractivity contribution in [2.24, 2.45) is 0 Å². The summed E-state index contributed by atoms with van der Waals surface area (Å²) in [7, 11) is 0. The Kier molecular flexibility index (Phi) is 6.65. The van der Waals surface area contributed by atoms with E-state index in [0.717, 1.165) is 18.5 Å². The zero-order valence-corrected chi connectivity index (χ0v) is 20.4. The molecule has 2 aromatic heterocycles. The third-order valence-electron chi connectivity index (χ3n) is 5.89. The number of benzene rings is 2. The number of ether oxygens (including phenoxy) is 1. The van der Waals surface area contributed by atoms with Crippen LogP contribution in [-0.4, -0.2) is 35.8 Å². The summed E-state index contributed by atoms with van der Waals surface area (Å²) in [4.78, 5) is 12.9. The van der Waals surface area contributed by atoms with Crippen LogP contribution in [0.5, 0.6) is 5.75 Å². The Labute approximate surface area is 208 Å². The molecule has 2 aromatic carbocycles. The quantitative estimate of drug-likeness (QED) is 0.342. The van der Waals surface area contributed by atoms with Gasteiger partial charge in [0.25, 0.3) is 0 Å². The molecule has 0 fully saturated rings. The maximum atomic E-state index is 14.5. The molecule has 0 bridgehead atoms. The van der Waals surface area contributed by atoms with E-state index in [1.807, 2.05) is 0 Å². The van der Waals surface area contributed by atoms with Gasteiger partial charge >= 0.3 is 11.9 Å². The number of fused-ring (bicyclic) bond motifs is 1. The van der Waals surface area contributed by atoms with Crippen LogP contribution >= 0.6 is 11.6 Å². The fourth-order valence-corrected chi connectivity index (χ4v) is 4.07. The van der Waals surface area contributed by atoms with Gasteiger partial charge in [0.15, 0.2) is 11.4 Å². The van der Waals surface area contributed by atoms with Gasteiger partial charge in [-0.1, -0.05) is 17.7 Å². The number of hydrogen-bond donors (Lipinski definition) is 1. The van der Waals surface area contributed by atoms with E-state index >= 15 is 0 Å². The molecule has 36 heavy (non-hydrogen) atoms. The summed E-state index contributed by atoms with van der Waals surface area (Å²) < 4.78 is 64.9. The van der Waals surface area contributed by atoms with E-state index in [9.17, 15) is 27.5 Å². The molecule has 0 radical (unpaired) electrons. The van der Waals surface area contributed by atoms with Crippen molar-refractivity contribution in [2.75, 3.05) is 0 Å². The van der Waals surface area contributed by atoms with Gasteiger partial charge in [-0.05, 0) is 45.0 Å². The standard InChI is InChI=1S/C24H23ClF4N4O3/c1-4-32-20(13-34)30-33(22(32)35)15-10-14-8-9-31(12-16-17(25)6-5-7-18(16)26)21(14)19(11-15)36-23(2,3)24(27,28)29/h5-11,34H,4,12-13H2,1-3H3. The molecule has 12 heteroatoms. The van der Waals surface area contributed by atoms with E-state index in [1.165, 1.54) is 33.4 Å². The summed E-state index contributed by atoms with van der Waals surface area (Å²) in [5, 5.41) is 14.3. The lowest BCUT2D eigenvalue weighted by Gasteiger charge is -2.29. The van der Waals surface area contributed by atoms with Crippen molar-refractivity contribution < 1.29 is 27.4 Å². The first-order valence-electron chi connectivity index (χ1n) is 11.0. The molecule has 0 aliphatic carbocycles. The van der Waals surface area contributed by atoms with Gasteiger partial charge in [-0.2, -0.15) is 17.9 Å². The third kappa shape index (κ3) is 4.48. The minimum atomic E-state index is -4.72. The molecule has 4 aromatic rings. The Morgan fingerprint density at radius 2 is 1.89 bits per heavy atom. The van der Waals surface area contributed by atoms with Crippen molar-refractivity contribution in [3.63, 3.8) is 0 Å². The first kappa shape index (κ1) is 25.8. The molecular weight excluding hydrogens is 504 g/mol. The Balaban J connectivity index is 1.94. The highest BCUT2D eigenvalue weighted by molar-refractivity contribution is 6.31. The lowest BCUT2D eigenvalue weighted by molar-refractivity contribution is -0.234. The number of halogens is 5. The molecule has 192 valence electrons. The monoisotopic (exact) mass is 526 g/mol. The normalized spacial score (nSPS) is 12.5. The number of alkyl halides is 3. The highest BCUT2D eigenvalue weighted by atomic mass is 35.5. The number of aliphatic hydroxyl groups is 1.